The van der Waals surface area contributed by atoms with E-state index in [-0.39, 0.29) is 0 Å². The zero-order chi connectivity index (χ0) is 16.9. The fourth-order valence-corrected chi connectivity index (χ4v) is 2.52. The SMILES string of the molecule is CCN(c1cccc(/C=C/C(=O)O)c1)c1cnc2ccccc2n1. The van der Waals surface area contributed by atoms with Gasteiger partial charge in [-0.05, 0) is 42.8 Å². The van der Waals surface area contributed by atoms with Gasteiger partial charge in [0.05, 0.1) is 17.2 Å². The van der Waals surface area contributed by atoms with Crippen molar-refractivity contribution in [3.8, 4) is 0 Å². The predicted molar refractivity (Wildman–Crippen MR) is 95.3 cm³/mol. The molecule has 5 heteroatoms. The van der Waals surface area contributed by atoms with E-state index in [1.165, 1.54) is 0 Å². The number of aliphatic carboxylic acids is 1. The number of hydrogen-bond acceptors (Lipinski definition) is 4. The summed E-state index contributed by atoms with van der Waals surface area (Å²) in [6.07, 6.45) is 4.46. The second-order valence-corrected chi connectivity index (χ2v) is 5.23. The van der Waals surface area contributed by atoms with Crippen molar-refractivity contribution < 1.29 is 9.90 Å². The maximum atomic E-state index is 10.7. The molecule has 1 aromatic heterocycles. The molecule has 24 heavy (non-hydrogen) atoms. The van der Waals surface area contributed by atoms with Gasteiger partial charge >= 0.3 is 5.97 Å². The van der Waals surface area contributed by atoms with Crippen LogP contribution >= 0.6 is 0 Å². The number of nitrogens with zero attached hydrogens (tertiary/aromatic N) is 3. The predicted octanol–water partition coefficient (Wildman–Crippen LogP) is 3.89. The number of carbonyl (C=O) groups is 1. The summed E-state index contributed by atoms with van der Waals surface area (Å²) >= 11 is 0. The highest BCUT2D eigenvalue weighted by Crippen LogP contribution is 2.25. The molecule has 120 valence electrons. The van der Waals surface area contributed by atoms with Crippen molar-refractivity contribution >= 4 is 34.6 Å². The van der Waals surface area contributed by atoms with Gasteiger partial charge in [0.1, 0.15) is 0 Å². The number of carboxylic acid groups (broad SMARTS) is 1. The summed E-state index contributed by atoms with van der Waals surface area (Å²) < 4.78 is 0. The first kappa shape index (κ1) is 15.7. The molecule has 3 rings (SSSR count). The lowest BCUT2D eigenvalue weighted by Crippen LogP contribution is -2.17. The number of benzene rings is 2. The number of fused-ring (bicyclic) bond motifs is 1. The van der Waals surface area contributed by atoms with Crippen LogP contribution in [0.3, 0.4) is 0 Å². The summed E-state index contributed by atoms with van der Waals surface area (Å²) in [4.78, 5) is 21.9. The lowest BCUT2D eigenvalue weighted by atomic mass is 10.1. The largest absolute Gasteiger partial charge is 0.478 e. The zero-order valence-corrected chi connectivity index (χ0v) is 13.3. The summed E-state index contributed by atoms with van der Waals surface area (Å²) in [5.74, 6) is -0.205. The molecule has 5 nitrogen and oxygen atoms in total. The van der Waals surface area contributed by atoms with Gasteiger partial charge in [-0.1, -0.05) is 24.3 Å². The molecule has 0 saturated carbocycles. The van der Waals surface area contributed by atoms with Crippen LogP contribution in [0, 0.1) is 0 Å². The molecule has 1 heterocycles. The lowest BCUT2D eigenvalue weighted by molar-refractivity contribution is -0.131. The van der Waals surface area contributed by atoms with Gasteiger partial charge in [0.2, 0.25) is 0 Å². The maximum absolute atomic E-state index is 10.7. The van der Waals surface area contributed by atoms with Crippen LogP contribution in [0.4, 0.5) is 11.5 Å². The second-order valence-electron chi connectivity index (χ2n) is 5.23. The van der Waals surface area contributed by atoms with Crippen molar-refractivity contribution in [2.24, 2.45) is 0 Å². The fraction of sp³-hybridized carbons (Fsp3) is 0.105. The van der Waals surface area contributed by atoms with Crippen LogP contribution in [0.1, 0.15) is 12.5 Å². The summed E-state index contributed by atoms with van der Waals surface area (Å²) in [6.45, 7) is 2.76. The molecular formula is C19H17N3O2. The van der Waals surface area contributed by atoms with Crippen molar-refractivity contribution in [3.05, 3.63) is 66.4 Å². The van der Waals surface area contributed by atoms with E-state index in [0.29, 0.717) is 0 Å². The molecule has 1 N–H and O–H groups in total. The highest BCUT2D eigenvalue weighted by Gasteiger charge is 2.10. The van der Waals surface area contributed by atoms with Crippen LogP contribution in [0.25, 0.3) is 17.1 Å². The monoisotopic (exact) mass is 319 g/mol. The minimum atomic E-state index is -0.965. The van der Waals surface area contributed by atoms with Gasteiger partial charge in [-0.2, -0.15) is 0 Å². The molecule has 0 aliphatic heterocycles. The first-order chi connectivity index (χ1) is 11.7. The van der Waals surface area contributed by atoms with E-state index in [1.54, 1.807) is 12.3 Å². The Balaban J connectivity index is 1.98. The van der Waals surface area contributed by atoms with E-state index in [4.69, 9.17) is 5.11 Å². The van der Waals surface area contributed by atoms with Gasteiger partial charge in [-0.25, -0.2) is 9.78 Å². The van der Waals surface area contributed by atoms with Crippen LogP contribution in [0.2, 0.25) is 0 Å². The summed E-state index contributed by atoms with van der Waals surface area (Å²) in [5, 5.41) is 8.76. The van der Waals surface area contributed by atoms with Crippen molar-refractivity contribution in [2.75, 3.05) is 11.4 Å². The number of carboxylic acids is 1. The summed E-state index contributed by atoms with van der Waals surface area (Å²) in [6, 6.07) is 15.4. The summed E-state index contributed by atoms with van der Waals surface area (Å²) in [5.41, 5.74) is 3.46. The first-order valence-corrected chi connectivity index (χ1v) is 7.68. The van der Waals surface area contributed by atoms with Gasteiger partial charge in [0.25, 0.3) is 0 Å². The van der Waals surface area contributed by atoms with Crippen molar-refractivity contribution in [1.29, 1.82) is 0 Å². The molecule has 0 aliphatic rings. The smallest absolute Gasteiger partial charge is 0.328 e. The van der Waals surface area contributed by atoms with Gasteiger partial charge in [0.15, 0.2) is 5.82 Å². The molecule has 2 aromatic carbocycles. The van der Waals surface area contributed by atoms with Crippen LogP contribution in [0.5, 0.6) is 0 Å². The number of aromatic nitrogens is 2. The molecule has 0 radical (unpaired) electrons. The molecule has 0 spiro atoms. The van der Waals surface area contributed by atoms with Crippen molar-refractivity contribution in [2.45, 2.75) is 6.92 Å². The normalized spacial score (nSPS) is 11.0. The fourth-order valence-electron chi connectivity index (χ4n) is 2.52. The Morgan fingerprint density at radius 3 is 2.71 bits per heavy atom. The molecule has 0 aliphatic carbocycles. The third-order valence-corrected chi connectivity index (χ3v) is 3.63. The zero-order valence-electron chi connectivity index (χ0n) is 13.3. The van der Waals surface area contributed by atoms with Crippen LogP contribution in [-0.4, -0.2) is 27.6 Å². The Kier molecular flexibility index (Phi) is 4.52. The molecule has 0 amide bonds. The van der Waals surface area contributed by atoms with E-state index in [0.717, 1.165) is 40.7 Å². The van der Waals surface area contributed by atoms with Crippen molar-refractivity contribution in [3.63, 3.8) is 0 Å². The van der Waals surface area contributed by atoms with Crippen molar-refractivity contribution in [1.82, 2.24) is 9.97 Å². The number of hydrogen-bond donors (Lipinski definition) is 1. The highest BCUT2D eigenvalue weighted by molar-refractivity contribution is 5.85. The molecular weight excluding hydrogens is 302 g/mol. The van der Waals surface area contributed by atoms with Gasteiger partial charge < -0.3 is 10.0 Å². The second kappa shape index (κ2) is 6.91. The standard InChI is InChI=1S/C19H17N3O2/c1-2-22(15-7-5-6-14(12-15)10-11-19(23)24)18-13-20-16-8-3-4-9-17(16)21-18/h3-13H,2H2,1H3,(H,23,24)/b11-10+. The van der Waals surface area contributed by atoms with E-state index < -0.39 is 5.97 Å². The average Bonchev–Trinajstić information content (AvgIpc) is 2.61. The maximum Gasteiger partial charge on any atom is 0.328 e. The van der Waals surface area contributed by atoms with Gasteiger partial charge in [0, 0.05) is 18.3 Å². The highest BCUT2D eigenvalue weighted by atomic mass is 16.4. The third-order valence-electron chi connectivity index (χ3n) is 3.63. The number of para-hydroxylation sites is 2. The Morgan fingerprint density at radius 1 is 1.17 bits per heavy atom. The molecule has 3 aromatic rings. The quantitative estimate of drug-likeness (QED) is 0.723. The molecule has 0 bridgehead atoms. The first-order valence-electron chi connectivity index (χ1n) is 7.68. The number of anilines is 2. The molecule has 0 unspecified atom stereocenters. The van der Waals surface area contributed by atoms with E-state index in [1.807, 2.05) is 60.4 Å². The Hall–Kier alpha value is -3.21. The molecule has 0 fully saturated rings. The molecule has 0 atom stereocenters. The Labute approximate surface area is 139 Å². The van der Waals surface area contributed by atoms with Crippen LogP contribution in [0.15, 0.2) is 60.8 Å². The van der Waals surface area contributed by atoms with E-state index in [2.05, 4.69) is 9.97 Å². The van der Waals surface area contributed by atoms with E-state index >= 15 is 0 Å². The minimum absolute atomic E-state index is 0.721. The topological polar surface area (TPSA) is 66.3 Å². The van der Waals surface area contributed by atoms with Crippen LogP contribution < -0.4 is 4.90 Å². The number of rotatable bonds is 5. The molecule has 0 saturated heterocycles. The van der Waals surface area contributed by atoms with E-state index in [9.17, 15) is 4.79 Å². The lowest BCUT2D eigenvalue weighted by Gasteiger charge is -2.22. The summed E-state index contributed by atoms with van der Waals surface area (Å²) in [7, 11) is 0. The van der Waals surface area contributed by atoms with Gasteiger partial charge in [-0.3, -0.25) is 4.98 Å². The minimum Gasteiger partial charge on any atom is -0.478 e. The Bertz CT molecular complexity index is 906. The average molecular weight is 319 g/mol. The van der Waals surface area contributed by atoms with Gasteiger partial charge in [-0.15, -0.1) is 0 Å². The Morgan fingerprint density at radius 2 is 1.96 bits per heavy atom. The third kappa shape index (κ3) is 3.41. The van der Waals surface area contributed by atoms with Crippen LogP contribution in [-0.2, 0) is 4.79 Å².